The number of H-pyrrole nitrogens is 1. The smallest absolute Gasteiger partial charge is 0.142 e. The topological polar surface area (TPSA) is 48.1 Å². The van der Waals surface area contributed by atoms with E-state index in [0.29, 0.717) is 0 Å². The predicted octanol–water partition coefficient (Wildman–Crippen LogP) is 1.49. The molecule has 0 saturated carbocycles. The Labute approximate surface area is 107 Å². The summed E-state index contributed by atoms with van der Waals surface area (Å²) >= 11 is 0. The predicted molar refractivity (Wildman–Crippen MR) is 72.8 cm³/mol. The zero-order valence-electron chi connectivity index (χ0n) is 10.8. The van der Waals surface area contributed by atoms with Crippen molar-refractivity contribution in [1.82, 2.24) is 19.9 Å². The summed E-state index contributed by atoms with van der Waals surface area (Å²) in [5.74, 6) is 1.07. The average molecular weight is 245 g/mol. The Morgan fingerprint density at radius 1 is 1.22 bits per heavy atom. The van der Waals surface area contributed by atoms with Crippen LogP contribution in [-0.4, -0.2) is 52.6 Å². The first-order chi connectivity index (χ1) is 8.88. The number of nitrogens with zero attached hydrogens (tertiary/aromatic N) is 4. The number of aromatic nitrogens is 3. The molecule has 0 radical (unpaired) electrons. The molecule has 1 aliphatic rings. The fourth-order valence-electron chi connectivity index (χ4n) is 2.61. The molecule has 5 heteroatoms. The van der Waals surface area contributed by atoms with Crippen molar-refractivity contribution < 1.29 is 0 Å². The van der Waals surface area contributed by atoms with Gasteiger partial charge >= 0.3 is 0 Å². The van der Waals surface area contributed by atoms with Gasteiger partial charge in [0.15, 0.2) is 0 Å². The first-order valence-corrected chi connectivity index (χ1v) is 6.64. The fourth-order valence-corrected chi connectivity index (χ4v) is 2.61. The zero-order valence-corrected chi connectivity index (χ0v) is 10.8. The molecule has 0 unspecified atom stereocenters. The Kier molecular flexibility index (Phi) is 3.15. The van der Waals surface area contributed by atoms with Crippen LogP contribution < -0.4 is 4.90 Å². The number of hydrogen-bond acceptors (Lipinski definition) is 4. The Balaban J connectivity index is 1.78. The van der Waals surface area contributed by atoms with Gasteiger partial charge in [-0.3, -0.25) is 4.90 Å². The van der Waals surface area contributed by atoms with Crippen molar-refractivity contribution in [2.75, 3.05) is 37.6 Å². The average Bonchev–Trinajstić information content (AvgIpc) is 2.88. The lowest BCUT2D eigenvalue weighted by molar-refractivity contribution is 0.258. The Hall–Kier alpha value is -1.62. The van der Waals surface area contributed by atoms with Gasteiger partial charge in [-0.1, -0.05) is 6.92 Å². The summed E-state index contributed by atoms with van der Waals surface area (Å²) in [7, 11) is 0. The van der Waals surface area contributed by atoms with E-state index < -0.39 is 0 Å². The monoisotopic (exact) mass is 245 g/mol. The standard InChI is InChI=1S/C13H19N5/c1-2-5-17-6-8-18(9-7-17)13-11-3-4-14-12(11)15-10-16-13/h3-4,10H,2,5-9H2,1H3,(H,14,15,16). The van der Waals surface area contributed by atoms with Crippen LogP contribution in [0.25, 0.3) is 11.0 Å². The van der Waals surface area contributed by atoms with Crippen molar-refractivity contribution in [3.05, 3.63) is 18.6 Å². The summed E-state index contributed by atoms with van der Waals surface area (Å²) in [5.41, 5.74) is 0.927. The van der Waals surface area contributed by atoms with Crippen LogP contribution in [0, 0.1) is 0 Å². The van der Waals surface area contributed by atoms with Crippen LogP contribution in [0.5, 0.6) is 0 Å². The number of hydrogen-bond donors (Lipinski definition) is 1. The van der Waals surface area contributed by atoms with Crippen LogP contribution >= 0.6 is 0 Å². The lowest BCUT2D eigenvalue weighted by Gasteiger charge is -2.35. The number of piperazine rings is 1. The van der Waals surface area contributed by atoms with Gasteiger partial charge in [-0.05, 0) is 19.0 Å². The third-order valence-electron chi connectivity index (χ3n) is 3.54. The highest BCUT2D eigenvalue weighted by molar-refractivity contribution is 5.87. The minimum absolute atomic E-state index is 0.927. The summed E-state index contributed by atoms with van der Waals surface area (Å²) in [5, 5.41) is 1.13. The third kappa shape index (κ3) is 2.06. The summed E-state index contributed by atoms with van der Waals surface area (Å²) in [6.45, 7) is 7.80. The number of anilines is 1. The largest absolute Gasteiger partial charge is 0.353 e. The maximum Gasteiger partial charge on any atom is 0.142 e. The van der Waals surface area contributed by atoms with Crippen molar-refractivity contribution in [2.45, 2.75) is 13.3 Å². The highest BCUT2D eigenvalue weighted by Gasteiger charge is 2.19. The maximum atomic E-state index is 4.45. The van der Waals surface area contributed by atoms with E-state index in [1.807, 2.05) is 6.20 Å². The van der Waals surface area contributed by atoms with Crippen molar-refractivity contribution >= 4 is 16.9 Å². The lowest BCUT2D eigenvalue weighted by atomic mass is 10.2. The minimum Gasteiger partial charge on any atom is -0.353 e. The molecule has 0 amide bonds. The molecule has 0 aromatic carbocycles. The van der Waals surface area contributed by atoms with Gasteiger partial charge in [0.1, 0.15) is 17.8 Å². The van der Waals surface area contributed by atoms with Gasteiger partial charge in [-0.25, -0.2) is 9.97 Å². The molecule has 2 aromatic rings. The summed E-state index contributed by atoms with van der Waals surface area (Å²) in [6, 6.07) is 2.06. The van der Waals surface area contributed by atoms with E-state index in [-0.39, 0.29) is 0 Å². The molecule has 0 bridgehead atoms. The van der Waals surface area contributed by atoms with E-state index in [2.05, 4.69) is 37.7 Å². The van der Waals surface area contributed by atoms with Crippen LogP contribution in [0.2, 0.25) is 0 Å². The molecular weight excluding hydrogens is 226 g/mol. The van der Waals surface area contributed by atoms with Crippen LogP contribution in [0.3, 0.4) is 0 Å². The highest BCUT2D eigenvalue weighted by Crippen LogP contribution is 2.22. The number of aromatic amines is 1. The summed E-state index contributed by atoms with van der Waals surface area (Å²) in [6.07, 6.45) is 4.80. The first-order valence-electron chi connectivity index (χ1n) is 6.64. The molecule has 5 nitrogen and oxygen atoms in total. The molecule has 3 rings (SSSR count). The van der Waals surface area contributed by atoms with E-state index in [1.165, 1.54) is 13.0 Å². The Morgan fingerprint density at radius 3 is 2.83 bits per heavy atom. The van der Waals surface area contributed by atoms with Crippen LogP contribution in [-0.2, 0) is 0 Å². The van der Waals surface area contributed by atoms with Crippen LogP contribution in [0.1, 0.15) is 13.3 Å². The Bertz CT molecular complexity index is 513. The molecule has 1 aliphatic heterocycles. The molecule has 0 atom stereocenters. The zero-order chi connectivity index (χ0) is 12.4. The second-order valence-electron chi connectivity index (χ2n) is 4.77. The maximum absolute atomic E-state index is 4.45. The second-order valence-corrected chi connectivity index (χ2v) is 4.77. The third-order valence-corrected chi connectivity index (χ3v) is 3.54. The van der Waals surface area contributed by atoms with Gasteiger partial charge in [0.25, 0.3) is 0 Å². The molecule has 18 heavy (non-hydrogen) atoms. The number of nitrogens with one attached hydrogen (secondary N) is 1. The molecule has 2 aromatic heterocycles. The lowest BCUT2D eigenvalue weighted by Crippen LogP contribution is -2.46. The summed E-state index contributed by atoms with van der Waals surface area (Å²) in [4.78, 5) is 16.7. The van der Waals surface area contributed by atoms with Crippen molar-refractivity contribution in [2.24, 2.45) is 0 Å². The quantitative estimate of drug-likeness (QED) is 0.890. The molecule has 1 fully saturated rings. The molecule has 1 N–H and O–H groups in total. The summed E-state index contributed by atoms with van der Waals surface area (Å²) < 4.78 is 0. The molecule has 3 heterocycles. The van der Waals surface area contributed by atoms with E-state index in [4.69, 9.17) is 0 Å². The number of rotatable bonds is 3. The van der Waals surface area contributed by atoms with Gasteiger partial charge < -0.3 is 9.88 Å². The van der Waals surface area contributed by atoms with Crippen LogP contribution in [0.4, 0.5) is 5.82 Å². The fraction of sp³-hybridized carbons (Fsp3) is 0.538. The number of fused-ring (bicyclic) bond motifs is 1. The van der Waals surface area contributed by atoms with E-state index in [9.17, 15) is 0 Å². The van der Waals surface area contributed by atoms with Gasteiger partial charge in [0.2, 0.25) is 0 Å². The molecule has 96 valence electrons. The van der Waals surface area contributed by atoms with Gasteiger partial charge in [0, 0.05) is 32.4 Å². The van der Waals surface area contributed by atoms with Crippen molar-refractivity contribution in [3.63, 3.8) is 0 Å². The van der Waals surface area contributed by atoms with E-state index >= 15 is 0 Å². The second kappa shape index (κ2) is 4.94. The Morgan fingerprint density at radius 2 is 2.06 bits per heavy atom. The van der Waals surface area contributed by atoms with Gasteiger partial charge in [-0.15, -0.1) is 0 Å². The SMILES string of the molecule is CCCN1CCN(c2ncnc3[nH]ccc23)CC1. The molecule has 0 aliphatic carbocycles. The van der Waals surface area contributed by atoms with Gasteiger partial charge in [-0.2, -0.15) is 0 Å². The van der Waals surface area contributed by atoms with Crippen molar-refractivity contribution in [3.8, 4) is 0 Å². The first kappa shape index (κ1) is 11.5. The van der Waals surface area contributed by atoms with Crippen molar-refractivity contribution in [1.29, 1.82) is 0 Å². The highest BCUT2D eigenvalue weighted by atomic mass is 15.3. The normalized spacial score (nSPS) is 17.5. The van der Waals surface area contributed by atoms with E-state index in [1.54, 1.807) is 6.33 Å². The van der Waals surface area contributed by atoms with Crippen LogP contribution in [0.15, 0.2) is 18.6 Å². The molecular formula is C13H19N5. The van der Waals surface area contributed by atoms with E-state index in [0.717, 1.165) is 43.0 Å². The molecule has 0 spiro atoms. The molecule has 1 saturated heterocycles. The van der Waals surface area contributed by atoms with Gasteiger partial charge in [0.05, 0.1) is 5.39 Å². The minimum atomic E-state index is 0.927.